The lowest BCUT2D eigenvalue weighted by Crippen LogP contribution is -2.08. The Morgan fingerprint density at radius 2 is 2.05 bits per heavy atom. The van der Waals surface area contributed by atoms with E-state index >= 15 is 0 Å². The fourth-order valence-electron chi connectivity index (χ4n) is 2.97. The highest BCUT2D eigenvalue weighted by Crippen LogP contribution is 2.55. The molecule has 3 heteroatoms. The van der Waals surface area contributed by atoms with Crippen LogP contribution in [0.15, 0.2) is 42.6 Å². The third-order valence-electron chi connectivity index (χ3n) is 4.38. The molecule has 0 saturated heterocycles. The van der Waals surface area contributed by atoms with Crippen LogP contribution in [0.25, 0.3) is 6.08 Å². The van der Waals surface area contributed by atoms with Gasteiger partial charge < -0.3 is 5.11 Å². The fraction of sp³-hybridized carbons (Fsp3) is 0.333. The monoisotopic (exact) mass is 280 g/mol. The molecule has 0 aliphatic heterocycles. The number of allylic oxidation sites excluding steroid dienone is 1. The van der Waals surface area contributed by atoms with E-state index in [1.54, 1.807) is 0 Å². The lowest BCUT2D eigenvalue weighted by Gasteiger charge is -2.13. The van der Waals surface area contributed by atoms with Gasteiger partial charge in [-0.3, -0.25) is 0 Å². The lowest BCUT2D eigenvalue weighted by molar-refractivity contribution is 0.268. The molecule has 0 radical (unpaired) electrons. The van der Waals surface area contributed by atoms with Gasteiger partial charge in [0.05, 0.1) is 0 Å². The summed E-state index contributed by atoms with van der Waals surface area (Å²) < 4.78 is 0. The molecule has 1 aliphatic rings. The average Bonchev–Trinajstić information content (AvgIpc) is 3.22. The highest BCUT2D eigenvalue weighted by atomic mass is 16.3. The number of benzene rings is 1. The van der Waals surface area contributed by atoms with Crippen LogP contribution in [0, 0.1) is 19.8 Å². The summed E-state index contributed by atoms with van der Waals surface area (Å²) in [6.45, 7) is 4.12. The van der Waals surface area contributed by atoms with Crippen molar-refractivity contribution in [3.63, 3.8) is 0 Å². The fourth-order valence-corrected chi connectivity index (χ4v) is 2.97. The standard InChI is InChI=1S/C18H20N2O/c1-13-15(11-19-14(2)20-13)8-9-18(10-17(18)12-21)16-6-4-3-5-7-16/h3-9,11,17,21H,10,12H2,1-2H3/t17?,18-/m0/s1. The SMILES string of the molecule is Cc1ncc(C=C[C@@]2(c3ccccc3)CC2CO)c(C)n1. The van der Waals surface area contributed by atoms with Crippen molar-refractivity contribution >= 4 is 6.08 Å². The molecule has 0 spiro atoms. The lowest BCUT2D eigenvalue weighted by atomic mass is 9.92. The van der Waals surface area contributed by atoms with Crippen molar-refractivity contribution in [2.24, 2.45) is 5.92 Å². The number of aliphatic hydroxyl groups excluding tert-OH is 1. The first-order valence-electron chi connectivity index (χ1n) is 7.31. The molecule has 3 rings (SSSR count). The zero-order valence-corrected chi connectivity index (χ0v) is 12.5. The number of aryl methyl sites for hydroxylation is 2. The second-order valence-corrected chi connectivity index (χ2v) is 5.78. The Bertz CT molecular complexity index is 666. The third-order valence-corrected chi connectivity index (χ3v) is 4.38. The third kappa shape index (κ3) is 2.61. The van der Waals surface area contributed by atoms with E-state index in [1.165, 1.54) is 5.56 Å². The second kappa shape index (κ2) is 5.41. The molecule has 1 aliphatic carbocycles. The van der Waals surface area contributed by atoms with Crippen LogP contribution >= 0.6 is 0 Å². The van der Waals surface area contributed by atoms with Gasteiger partial charge >= 0.3 is 0 Å². The van der Waals surface area contributed by atoms with E-state index in [1.807, 2.05) is 26.1 Å². The Morgan fingerprint density at radius 3 is 2.67 bits per heavy atom. The van der Waals surface area contributed by atoms with Crippen molar-refractivity contribution in [2.45, 2.75) is 25.7 Å². The van der Waals surface area contributed by atoms with Crippen molar-refractivity contribution in [1.29, 1.82) is 0 Å². The van der Waals surface area contributed by atoms with Gasteiger partial charge in [0, 0.05) is 29.5 Å². The van der Waals surface area contributed by atoms with E-state index < -0.39 is 0 Å². The van der Waals surface area contributed by atoms with Gasteiger partial charge in [0.25, 0.3) is 0 Å². The Kier molecular flexibility index (Phi) is 3.60. The average molecular weight is 280 g/mol. The van der Waals surface area contributed by atoms with Crippen LogP contribution in [0.2, 0.25) is 0 Å². The number of aliphatic hydroxyl groups is 1. The summed E-state index contributed by atoms with van der Waals surface area (Å²) in [5.74, 6) is 1.10. The van der Waals surface area contributed by atoms with Crippen molar-refractivity contribution < 1.29 is 5.11 Å². The molecule has 1 fully saturated rings. The normalized spacial score (nSPS) is 24.4. The van der Waals surface area contributed by atoms with Crippen molar-refractivity contribution in [1.82, 2.24) is 9.97 Å². The summed E-state index contributed by atoms with van der Waals surface area (Å²) in [4.78, 5) is 8.66. The highest BCUT2D eigenvalue weighted by Gasteiger charge is 2.52. The maximum atomic E-state index is 9.53. The number of nitrogens with zero attached hydrogens (tertiary/aromatic N) is 2. The number of rotatable bonds is 4. The molecule has 3 nitrogen and oxygen atoms in total. The van der Waals surface area contributed by atoms with Crippen LogP contribution in [0.4, 0.5) is 0 Å². The Labute approximate surface area is 125 Å². The minimum absolute atomic E-state index is 0.0344. The van der Waals surface area contributed by atoms with E-state index in [0.29, 0.717) is 5.92 Å². The van der Waals surface area contributed by atoms with Gasteiger partial charge in [-0.05, 0) is 31.7 Å². The van der Waals surface area contributed by atoms with Crippen LogP contribution in [-0.2, 0) is 5.41 Å². The topological polar surface area (TPSA) is 46.0 Å². The first-order valence-corrected chi connectivity index (χ1v) is 7.31. The van der Waals surface area contributed by atoms with E-state index in [-0.39, 0.29) is 12.0 Å². The summed E-state index contributed by atoms with van der Waals surface area (Å²) >= 11 is 0. The maximum Gasteiger partial charge on any atom is 0.125 e. The Morgan fingerprint density at radius 1 is 1.29 bits per heavy atom. The molecule has 0 amide bonds. The van der Waals surface area contributed by atoms with Gasteiger partial charge in [-0.2, -0.15) is 0 Å². The van der Waals surface area contributed by atoms with Crippen molar-refractivity contribution in [3.8, 4) is 0 Å². The Balaban J connectivity index is 1.92. The summed E-state index contributed by atoms with van der Waals surface area (Å²) in [7, 11) is 0. The first kappa shape index (κ1) is 14.0. The van der Waals surface area contributed by atoms with Crippen LogP contribution in [0.3, 0.4) is 0 Å². The van der Waals surface area contributed by atoms with E-state index in [2.05, 4.69) is 46.4 Å². The van der Waals surface area contributed by atoms with Gasteiger partial charge in [0.15, 0.2) is 0 Å². The van der Waals surface area contributed by atoms with Crippen LogP contribution in [-0.4, -0.2) is 21.7 Å². The van der Waals surface area contributed by atoms with Crippen LogP contribution < -0.4 is 0 Å². The number of hydrogen-bond donors (Lipinski definition) is 1. The minimum atomic E-state index is -0.0344. The molecule has 1 aromatic heterocycles. The zero-order chi connectivity index (χ0) is 14.9. The number of hydrogen-bond acceptors (Lipinski definition) is 3. The molecule has 0 bridgehead atoms. The molecule has 1 saturated carbocycles. The largest absolute Gasteiger partial charge is 0.396 e. The molecular weight excluding hydrogens is 260 g/mol. The number of aromatic nitrogens is 2. The molecule has 1 N–H and O–H groups in total. The molecule has 2 aromatic rings. The van der Waals surface area contributed by atoms with E-state index in [4.69, 9.17) is 0 Å². The molecular formula is C18H20N2O. The molecule has 1 aromatic carbocycles. The first-order chi connectivity index (χ1) is 10.2. The van der Waals surface area contributed by atoms with E-state index in [0.717, 1.165) is 23.5 Å². The predicted molar refractivity (Wildman–Crippen MR) is 83.9 cm³/mol. The van der Waals surface area contributed by atoms with Crippen molar-refractivity contribution in [3.05, 3.63) is 65.2 Å². The second-order valence-electron chi connectivity index (χ2n) is 5.78. The van der Waals surface area contributed by atoms with Gasteiger partial charge in [-0.1, -0.05) is 42.5 Å². The zero-order valence-electron chi connectivity index (χ0n) is 12.5. The summed E-state index contributed by atoms with van der Waals surface area (Å²) in [6.07, 6.45) is 7.17. The molecule has 2 atom stereocenters. The van der Waals surface area contributed by atoms with Gasteiger partial charge in [-0.15, -0.1) is 0 Å². The smallest absolute Gasteiger partial charge is 0.125 e. The van der Waals surface area contributed by atoms with Crippen LogP contribution in [0.1, 0.15) is 29.1 Å². The Hall–Kier alpha value is -2.00. The molecule has 21 heavy (non-hydrogen) atoms. The van der Waals surface area contributed by atoms with Crippen molar-refractivity contribution in [2.75, 3.05) is 6.61 Å². The van der Waals surface area contributed by atoms with Gasteiger partial charge in [-0.25, -0.2) is 9.97 Å². The minimum Gasteiger partial charge on any atom is -0.396 e. The quantitative estimate of drug-likeness (QED) is 0.936. The predicted octanol–water partition coefficient (Wildman–Crippen LogP) is 3.06. The summed E-state index contributed by atoms with van der Waals surface area (Å²) in [6, 6.07) is 10.4. The van der Waals surface area contributed by atoms with Gasteiger partial charge in [0.2, 0.25) is 0 Å². The molecule has 1 heterocycles. The van der Waals surface area contributed by atoms with E-state index in [9.17, 15) is 5.11 Å². The summed E-state index contributed by atoms with van der Waals surface area (Å²) in [5.41, 5.74) is 3.27. The maximum absolute atomic E-state index is 9.53. The van der Waals surface area contributed by atoms with Gasteiger partial charge in [0.1, 0.15) is 5.82 Å². The molecule has 108 valence electrons. The molecule has 1 unspecified atom stereocenters. The summed E-state index contributed by atoms with van der Waals surface area (Å²) in [5, 5.41) is 9.53. The highest BCUT2D eigenvalue weighted by molar-refractivity contribution is 5.56. The van der Waals surface area contributed by atoms with Crippen LogP contribution in [0.5, 0.6) is 0 Å².